The fraction of sp³-hybridized carbons (Fsp3) is 0.588. The molecule has 0 atom stereocenters. The Kier molecular flexibility index (Phi) is 5.48. The van der Waals surface area contributed by atoms with Crippen LogP contribution in [0.1, 0.15) is 23.2 Å². The van der Waals surface area contributed by atoms with E-state index in [0.29, 0.717) is 36.8 Å². The van der Waals surface area contributed by atoms with Crippen molar-refractivity contribution in [2.75, 3.05) is 49.6 Å². The summed E-state index contributed by atoms with van der Waals surface area (Å²) in [5.41, 5.74) is 2.13. The van der Waals surface area contributed by atoms with Crippen molar-refractivity contribution in [1.29, 1.82) is 0 Å². The molecule has 0 bridgehead atoms. The second-order valence-electron chi connectivity index (χ2n) is 6.36. The highest BCUT2D eigenvalue weighted by molar-refractivity contribution is 5.86. The van der Waals surface area contributed by atoms with Gasteiger partial charge in [0.15, 0.2) is 6.29 Å². The molecule has 0 amide bonds. The van der Waals surface area contributed by atoms with Crippen LogP contribution < -0.4 is 10.2 Å². The van der Waals surface area contributed by atoms with Gasteiger partial charge in [0, 0.05) is 62.4 Å². The number of aldehydes is 1. The van der Waals surface area contributed by atoms with Gasteiger partial charge in [0.05, 0.1) is 0 Å². The molecule has 0 aromatic heterocycles. The second kappa shape index (κ2) is 7.61. The molecule has 138 valence electrons. The van der Waals surface area contributed by atoms with Gasteiger partial charge in [0.1, 0.15) is 0 Å². The van der Waals surface area contributed by atoms with Crippen molar-refractivity contribution >= 4 is 17.7 Å². The Morgan fingerprint density at radius 3 is 2.40 bits per heavy atom. The Balaban J connectivity index is 1.70. The molecule has 2 aliphatic heterocycles. The third-order valence-corrected chi connectivity index (χ3v) is 4.75. The summed E-state index contributed by atoms with van der Waals surface area (Å²) < 4.78 is 43.6. The number of rotatable bonds is 4. The van der Waals surface area contributed by atoms with Crippen LogP contribution in [0.2, 0.25) is 0 Å². The van der Waals surface area contributed by atoms with Crippen LogP contribution >= 0.6 is 0 Å². The summed E-state index contributed by atoms with van der Waals surface area (Å²) in [5.74, 6) is 0. The van der Waals surface area contributed by atoms with Crippen molar-refractivity contribution in [3.05, 3.63) is 23.8 Å². The molecular weight excluding hydrogens is 335 g/mol. The van der Waals surface area contributed by atoms with E-state index in [1.807, 2.05) is 11.0 Å². The maximum absolute atomic E-state index is 12.7. The van der Waals surface area contributed by atoms with Crippen LogP contribution in [0.5, 0.6) is 0 Å². The third kappa shape index (κ3) is 4.43. The molecule has 2 saturated heterocycles. The SMILES string of the molecule is O=Cc1ccc(N2CCN(C(F)(F)F)CC2)cc1NC1CCOCC1. The maximum atomic E-state index is 12.7. The van der Waals surface area contributed by atoms with Crippen LogP contribution in [0, 0.1) is 0 Å². The number of nitrogens with one attached hydrogen (secondary N) is 1. The molecule has 0 saturated carbocycles. The number of nitrogens with zero attached hydrogens (tertiary/aromatic N) is 2. The lowest BCUT2D eigenvalue weighted by molar-refractivity contribution is -0.246. The number of halogens is 3. The maximum Gasteiger partial charge on any atom is 0.460 e. The molecule has 0 radical (unpaired) electrons. The first-order valence-electron chi connectivity index (χ1n) is 8.47. The second-order valence-corrected chi connectivity index (χ2v) is 6.36. The predicted octanol–water partition coefficient (Wildman–Crippen LogP) is 2.73. The van der Waals surface area contributed by atoms with E-state index in [2.05, 4.69) is 5.32 Å². The average molecular weight is 357 g/mol. The normalized spacial score (nSPS) is 20.5. The van der Waals surface area contributed by atoms with Crippen molar-refractivity contribution < 1.29 is 22.7 Å². The van der Waals surface area contributed by atoms with Gasteiger partial charge in [0.25, 0.3) is 0 Å². The van der Waals surface area contributed by atoms with Crippen molar-refractivity contribution in [3.63, 3.8) is 0 Å². The summed E-state index contributed by atoms with van der Waals surface area (Å²) in [7, 11) is 0. The fourth-order valence-electron chi connectivity index (χ4n) is 3.25. The van der Waals surface area contributed by atoms with Crippen molar-refractivity contribution in [3.8, 4) is 0 Å². The number of benzene rings is 1. The molecule has 2 aliphatic rings. The van der Waals surface area contributed by atoms with Crippen molar-refractivity contribution in [2.45, 2.75) is 25.2 Å². The van der Waals surface area contributed by atoms with E-state index in [4.69, 9.17) is 4.74 Å². The Bertz CT molecular complexity index is 595. The zero-order valence-electron chi connectivity index (χ0n) is 13.9. The molecule has 1 N–H and O–H groups in total. The number of hydrogen-bond acceptors (Lipinski definition) is 5. The minimum absolute atomic E-state index is 0.0539. The number of anilines is 2. The lowest BCUT2D eigenvalue weighted by Gasteiger charge is -2.37. The van der Waals surface area contributed by atoms with Crippen LogP contribution in [-0.4, -0.2) is 62.9 Å². The molecule has 0 spiro atoms. The van der Waals surface area contributed by atoms with Crippen LogP contribution in [-0.2, 0) is 4.74 Å². The van der Waals surface area contributed by atoms with Gasteiger partial charge in [-0.05, 0) is 31.0 Å². The number of alkyl halides is 3. The van der Waals surface area contributed by atoms with Gasteiger partial charge < -0.3 is 15.0 Å². The number of hydrogen-bond donors (Lipinski definition) is 1. The highest BCUT2D eigenvalue weighted by Gasteiger charge is 2.38. The van der Waals surface area contributed by atoms with Crippen LogP contribution in [0.4, 0.5) is 24.5 Å². The Hall–Kier alpha value is -1.80. The van der Waals surface area contributed by atoms with E-state index in [1.165, 1.54) is 0 Å². The van der Waals surface area contributed by atoms with E-state index >= 15 is 0 Å². The van der Waals surface area contributed by atoms with Gasteiger partial charge in [-0.2, -0.15) is 13.2 Å². The Morgan fingerprint density at radius 2 is 1.80 bits per heavy atom. The van der Waals surface area contributed by atoms with Crippen LogP contribution in [0.3, 0.4) is 0 Å². The van der Waals surface area contributed by atoms with Gasteiger partial charge in [-0.1, -0.05) is 0 Å². The van der Waals surface area contributed by atoms with Gasteiger partial charge in [-0.15, -0.1) is 0 Å². The Morgan fingerprint density at radius 1 is 1.12 bits per heavy atom. The number of carbonyl (C=O) groups excluding carboxylic acids is 1. The van der Waals surface area contributed by atoms with E-state index in [1.54, 1.807) is 12.1 Å². The molecule has 0 unspecified atom stereocenters. The van der Waals surface area contributed by atoms with Gasteiger partial charge >= 0.3 is 6.30 Å². The first kappa shape index (κ1) is 18.0. The third-order valence-electron chi connectivity index (χ3n) is 4.75. The monoisotopic (exact) mass is 357 g/mol. The molecule has 2 fully saturated rings. The number of carbonyl (C=O) groups is 1. The summed E-state index contributed by atoms with van der Waals surface area (Å²) in [6, 6.07) is 5.62. The minimum Gasteiger partial charge on any atom is -0.381 e. The lowest BCUT2D eigenvalue weighted by Crippen LogP contribution is -2.51. The predicted molar refractivity (Wildman–Crippen MR) is 89.1 cm³/mol. The molecule has 1 aromatic carbocycles. The standard InChI is InChI=1S/C17H22F3N3O2/c18-17(19,20)23-7-5-22(6-8-23)15-2-1-13(12-24)16(11-15)21-14-3-9-25-10-4-14/h1-2,11-12,14,21H,3-10H2. The lowest BCUT2D eigenvalue weighted by atomic mass is 10.1. The molecule has 1 aromatic rings. The van der Waals surface area contributed by atoms with Crippen LogP contribution in [0.15, 0.2) is 18.2 Å². The quantitative estimate of drug-likeness (QED) is 0.663. The molecule has 3 rings (SSSR count). The largest absolute Gasteiger partial charge is 0.460 e. The molecular formula is C17H22F3N3O2. The van der Waals surface area contributed by atoms with E-state index < -0.39 is 6.30 Å². The first-order chi connectivity index (χ1) is 12.0. The number of ether oxygens (including phenoxy) is 1. The fourth-order valence-corrected chi connectivity index (χ4v) is 3.25. The summed E-state index contributed by atoms with van der Waals surface area (Å²) in [6.07, 6.45) is -1.74. The Labute approximate surface area is 144 Å². The smallest absolute Gasteiger partial charge is 0.381 e. The first-order valence-corrected chi connectivity index (χ1v) is 8.47. The van der Waals surface area contributed by atoms with E-state index in [0.717, 1.165) is 30.5 Å². The zero-order valence-corrected chi connectivity index (χ0v) is 13.9. The highest BCUT2D eigenvalue weighted by atomic mass is 19.4. The summed E-state index contributed by atoms with van der Waals surface area (Å²) in [5, 5.41) is 3.38. The summed E-state index contributed by atoms with van der Waals surface area (Å²) in [4.78, 5) is 13.8. The molecule has 5 nitrogen and oxygen atoms in total. The van der Waals surface area contributed by atoms with Gasteiger partial charge in [-0.25, -0.2) is 4.90 Å². The van der Waals surface area contributed by atoms with Crippen LogP contribution in [0.25, 0.3) is 0 Å². The average Bonchev–Trinajstić information content (AvgIpc) is 2.62. The van der Waals surface area contributed by atoms with E-state index in [-0.39, 0.29) is 19.1 Å². The molecule has 8 heteroatoms. The van der Waals surface area contributed by atoms with Crippen molar-refractivity contribution in [1.82, 2.24) is 4.90 Å². The topological polar surface area (TPSA) is 44.8 Å². The van der Waals surface area contributed by atoms with Gasteiger partial charge in [0.2, 0.25) is 0 Å². The molecule has 0 aliphatic carbocycles. The molecule has 2 heterocycles. The number of piperazine rings is 1. The molecule has 25 heavy (non-hydrogen) atoms. The minimum atomic E-state index is -4.27. The highest BCUT2D eigenvalue weighted by Crippen LogP contribution is 2.28. The summed E-state index contributed by atoms with van der Waals surface area (Å²) >= 11 is 0. The van der Waals surface area contributed by atoms with E-state index in [9.17, 15) is 18.0 Å². The van der Waals surface area contributed by atoms with Crippen molar-refractivity contribution in [2.24, 2.45) is 0 Å². The van der Waals surface area contributed by atoms with Gasteiger partial charge in [-0.3, -0.25) is 4.79 Å². The summed E-state index contributed by atoms with van der Waals surface area (Å²) in [6.45, 7) is 1.87. The zero-order chi connectivity index (χ0) is 17.9.